The van der Waals surface area contributed by atoms with Crippen LogP contribution in [0, 0.1) is 5.82 Å². The van der Waals surface area contributed by atoms with Crippen LogP contribution >= 0.6 is 0 Å². The lowest BCUT2D eigenvalue weighted by molar-refractivity contribution is 0.0138. The molecule has 0 aromatic heterocycles. The fourth-order valence-corrected chi connectivity index (χ4v) is 2.66. The summed E-state index contributed by atoms with van der Waals surface area (Å²) in [5.41, 5.74) is -0.0557. The van der Waals surface area contributed by atoms with E-state index in [0.29, 0.717) is 5.56 Å². The maximum absolute atomic E-state index is 13.1. The zero-order chi connectivity index (χ0) is 17.0. The number of carbonyl (C=O) groups excluding carboxylic acids is 1. The second-order valence-corrected chi connectivity index (χ2v) is 6.83. The Kier molecular flexibility index (Phi) is 5.59. The third kappa shape index (κ3) is 5.18. The van der Waals surface area contributed by atoms with E-state index < -0.39 is 24.0 Å². The minimum Gasteiger partial charge on any atom is -0.444 e. The van der Waals surface area contributed by atoms with Crippen molar-refractivity contribution in [2.45, 2.75) is 51.5 Å². The number of nitrogens with one attached hydrogen (secondary N) is 1. The van der Waals surface area contributed by atoms with Crippen LogP contribution in [0.3, 0.4) is 0 Å². The summed E-state index contributed by atoms with van der Waals surface area (Å²) >= 11 is 0. The van der Waals surface area contributed by atoms with E-state index in [9.17, 15) is 14.3 Å². The number of hydrogen-bond donors (Lipinski definition) is 2. The number of ether oxygens (including phenoxy) is 1. The second-order valence-electron chi connectivity index (χ2n) is 6.83. The van der Waals surface area contributed by atoms with E-state index in [0.717, 1.165) is 25.9 Å². The predicted molar refractivity (Wildman–Crippen MR) is 85.3 cm³/mol. The Labute approximate surface area is 136 Å². The molecule has 0 unspecified atom stereocenters. The molecule has 1 aliphatic rings. The molecule has 1 heterocycles. The van der Waals surface area contributed by atoms with Crippen LogP contribution < -0.4 is 5.32 Å². The third-order valence-electron chi connectivity index (χ3n) is 3.71. The molecule has 128 valence electrons. The van der Waals surface area contributed by atoms with Gasteiger partial charge in [0.2, 0.25) is 0 Å². The standard InChI is InChI=1S/C17H25FN2O3/c1-17(2,3)23-16(22)19-15(20-10-4-5-11-20)14(21)12-6-8-13(18)9-7-12/h6-9,14-15,21H,4-5,10-11H2,1-3H3,(H,19,22)/t14-,15-/m0/s1. The number of likely N-dealkylation sites (tertiary alicyclic amines) is 1. The number of rotatable bonds is 4. The van der Waals surface area contributed by atoms with E-state index >= 15 is 0 Å². The highest BCUT2D eigenvalue weighted by Gasteiger charge is 2.32. The van der Waals surface area contributed by atoms with Crippen LogP contribution in [0.1, 0.15) is 45.3 Å². The van der Waals surface area contributed by atoms with Crippen LogP contribution in [0.25, 0.3) is 0 Å². The minimum absolute atomic E-state index is 0.362. The minimum atomic E-state index is -0.957. The maximum Gasteiger partial charge on any atom is 0.408 e. The first-order chi connectivity index (χ1) is 10.8. The largest absolute Gasteiger partial charge is 0.444 e. The topological polar surface area (TPSA) is 61.8 Å². The van der Waals surface area contributed by atoms with Crippen LogP contribution in [-0.4, -0.2) is 41.0 Å². The first-order valence-electron chi connectivity index (χ1n) is 7.93. The zero-order valence-electron chi connectivity index (χ0n) is 13.9. The molecular formula is C17H25FN2O3. The number of alkyl carbamates (subject to hydrolysis) is 1. The van der Waals surface area contributed by atoms with Crippen molar-refractivity contribution in [1.29, 1.82) is 0 Å². The Morgan fingerprint density at radius 1 is 1.26 bits per heavy atom. The molecule has 2 rings (SSSR count). The van der Waals surface area contributed by atoms with Gasteiger partial charge >= 0.3 is 6.09 Å². The zero-order valence-corrected chi connectivity index (χ0v) is 13.9. The second kappa shape index (κ2) is 7.27. The molecule has 2 atom stereocenters. The summed E-state index contributed by atoms with van der Waals surface area (Å²) in [7, 11) is 0. The lowest BCUT2D eigenvalue weighted by Crippen LogP contribution is -2.51. The Morgan fingerprint density at radius 3 is 2.35 bits per heavy atom. The smallest absolute Gasteiger partial charge is 0.408 e. The Balaban J connectivity index is 2.13. The first kappa shape index (κ1) is 17.7. The van der Waals surface area contributed by atoms with Crippen LogP contribution in [-0.2, 0) is 4.74 Å². The number of hydrogen-bond acceptors (Lipinski definition) is 4. The van der Waals surface area contributed by atoms with E-state index in [4.69, 9.17) is 4.74 Å². The van der Waals surface area contributed by atoms with Crippen molar-refractivity contribution in [1.82, 2.24) is 10.2 Å². The summed E-state index contributed by atoms with van der Waals surface area (Å²) in [6.45, 7) is 6.94. The summed E-state index contributed by atoms with van der Waals surface area (Å²) < 4.78 is 18.4. The molecule has 6 heteroatoms. The van der Waals surface area contributed by atoms with Crippen molar-refractivity contribution < 1.29 is 19.0 Å². The van der Waals surface area contributed by atoms with E-state index in [2.05, 4.69) is 5.32 Å². The van der Waals surface area contributed by atoms with E-state index in [1.54, 1.807) is 20.8 Å². The van der Waals surface area contributed by atoms with Crippen molar-refractivity contribution in [3.05, 3.63) is 35.6 Å². The van der Waals surface area contributed by atoms with Gasteiger partial charge in [-0.15, -0.1) is 0 Å². The van der Waals surface area contributed by atoms with Crippen LogP contribution in [0.4, 0.5) is 9.18 Å². The molecule has 0 bridgehead atoms. The normalized spacial score (nSPS) is 18.5. The molecule has 0 radical (unpaired) electrons. The average Bonchev–Trinajstić information content (AvgIpc) is 2.97. The molecule has 2 N–H and O–H groups in total. The monoisotopic (exact) mass is 324 g/mol. The fourth-order valence-electron chi connectivity index (χ4n) is 2.66. The molecule has 1 aromatic rings. The van der Waals surface area contributed by atoms with Gasteiger partial charge in [0.25, 0.3) is 0 Å². The molecule has 1 aromatic carbocycles. The van der Waals surface area contributed by atoms with Gasteiger partial charge in [-0.3, -0.25) is 4.90 Å². The van der Waals surface area contributed by atoms with E-state index in [1.165, 1.54) is 24.3 Å². The van der Waals surface area contributed by atoms with Gasteiger partial charge in [-0.1, -0.05) is 12.1 Å². The highest BCUT2D eigenvalue weighted by Crippen LogP contribution is 2.23. The van der Waals surface area contributed by atoms with Crippen molar-refractivity contribution in [2.75, 3.05) is 13.1 Å². The lowest BCUT2D eigenvalue weighted by atomic mass is 10.1. The summed E-state index contributed by atoms with van der Waals surface area (Å²) in [5.74, 6) is -0.362. The number of aliphatic hydroxyl groups excluding tert-OH is 1. The van der Waals surface area contributed by atoms with Crippen molar-refractivity contribution in [3.63, 3.8) is 0 Å². The number of halogens is 1. The molecule has 1 aliphatic heterocycles. The quantitative estimate of drug-likeness (QED) is 0.894. The Hall–Kier alpha value is -1.66. The number of carbonyl (C=O) groups is 1. The van der Waals surface area contributed by atoms with Gasteiger partial charge in [-0.25, -0.2) is 9.18 Å². The van der Waals surface area contributed by atoms with Crippen LogP contribution in [0.15, 0.2) is 24.3 Å². The first-order valence-corrected chi connectivity index (χ1v) is 7.93. The highest BCUT2D eigenvalue weighted by molar-refractivity contribution is 5.68. The maximum atomic E-state index is 13.1. The fraction of sp³-hybridized carbons (Fsp3) is 0.588. The predicted octanol–water partition coefficient (Wildman–Crippen LogP) is 2.81. The van der Waals surface area contributed by atoms with Gasteiger partial charge in [0, 0.05) is 13.1 Å². The summed E-state index contributed by atoms with van der Waals surface area (Å²) in [6.07, 6.45) is -0.0970. The van der Waals surface area contributed by atoms with Gasteiger partial charge in [0.1, 0.15) is 23.7 Å². The van der Waals surface area contributed by atoms with E-state index in [1.807, 2.05) is 4.90 Å². The Morgan fingerprint density at radius 2 is 1.83 bits per heavy atom. The van der Waals surface area contributed by atoms with Gasteiger partial charge in [-0.05, 0) is 51.3 Å². The van der Waals surface area contributed by atoms with Crippen molar-refractivity contribution in [2.24, 2.45) is 0 Å². The number of benzene rings is 1. The summed E-state index contributed by atoms with van der Waals surface area (Å²) in [5, 5.41) is 13.4. The molecule has 23 heavy (non-hydrogen) atoms. The molecule has 0 aliphatic carbocycles. The Bertz CT molecular complexity index is 522. The van der Waals surface area contributed by atoms with Gasteiger partial charge in [-0.2, -0.15) is 0 Å². The molecule has 1 fully saturated rings. The highest BCUT2D eigenvalue weighted by atomic mass is 19.1. The van der Waals surface area contributed by atoms with E-state index in [-0.39, 0.29) is 5.82 Å². The lowest BCUT2D eigenvalue weighted by Gasteiger charge is -2.33. The van der Waals surface area contributed by atoms with Crippen LogP contribution in [0.5, 0.6) is 0 Å². The molecule has 5 nitrogen and oxygen atoms in total. The molecule has 1 amide bonds. The van der Waals surface area contributed by atoms with Gasteiger partial charge in [0.15, 0.2) is 0 Å². The molecule has 1 saturated heterocycles. The summed E-state index contributed by atoms with van der Waals surface area (Å²) in [4.78, 5) is 14.1. The third-order valence-corrected chi connectivity index (χ3v) is 3.71. The number of aliphatic hydroxyl groups is 1. The average molecular weight is 324 g/mol. The van der Waals surface area contributed by atoms with Crippen molar-refractivity contribution in [3.8, 4) is 0 Å². The molecular weight excluding hydrogens is 299 g/mol. The van der Waals surface area contributed by atoms with Crippen molar-refractivity contribution >= 4 is 6.09 Å². The van der Waals surface area contributed by atoms with Gasteiger partial charge < -0.3 is 15.2 Å². The number of nitrogens with zero attached hydrogens (tertiary/aromatic N) is 1. The molecule has 0 spiro atoms. The number of amides is 1. The van der Waals surface area contributed by atoms with Gasteiger partial charge in [0.05, 0.1) is 0 Å². The summed E-state index contributed by atoms with van der Waals surface area (Å²) in [6, 6.07) is 5.65. The molecule has 0 saturated carbocycles. The SMILES string of the molecule is CC(C)(C)OC(=O)N[C@H]([C@@H](O)c1ccc(F)cc1)N1CCCC1. The van der Waals surface area contributed by atoms with Crippen LogP contribution in [0.2, 0.25) is 0 Å².